The molecule has 1 aromatic carbocycles. The van der Waals surface area contributed by atoms with E-state index in [2.05, 4.69) is 27.6 Å². The van der Waals surface area contributed by atoms with Gasteiger partial charge in [0.25, 0.3) is 0 Å². The molecule has 1 aliphatic rings. The Labute approximate surface area is 135 Å². The van der Waals surface area contributed by atoms with Gasteiger partial charge in [0.2, 0.25) is 5.91 Å². The smallest absolute Gasteiger partial charge is 0.233 e. The van der Waals surface area contributed by atoms with E-state index in [-0.39, 0.29) is 24.4 Å². The average molecular weight is 325 g/mol. The zero-order chi connectivity index (χ0) is 14.7. The third-order valence-electron chi connectivity index (χ3n) is 3.82. The average Bonchev–Trinajstić information content (AvgIpc) is 3.12. The van der Waals surface area contributed by atoms with Crippen molar-refractivity contribution in [1.82, 2.24) is 21.5 Å². The first-order valence-corrected chi connectivity index (χ1v) is 7.16. The van der Waals surface area contributed by atoms with E-state index in [1.54, 1.807) is 7.05 Å². The number of para-hydroxylation sites is 1. The molecule has 1 aliphatic heterocycles. The number of nitrogens with one attached hydrogen (secondary N) is 4. The van der Waals surface area contributed by atoms with Gasteiger partial charge in [0.15, 0.2) is 0 Å². The summed E-state index contributed by atoms with van der Waals surface area (Å²) in [6, 6.07) is 10.2. The van der Waals surface area contributed by atoms with Crippen LogP contribution in [0.4, 0.5) is 0 Å². The number of carbonyl (C=O) groups excluding carboxylic acids is 1. The quantitative estimate of drug-likeness (QED) is 0.659. The van der Waals surface area contributed by atoms with Crippen LogP contribution in [0.3, 0.4) is 0 Å². The fourth-order valence-corrected chi connectivity index (χ4v) is 2.64. The second-order valence-electron chi connectivity index (χ2n) is 5.25. The predicted molar refractivity (Wildman–Crippen MR) is 87.8 cm³/mol. The van der Waals surface area contributed by atoms with Crippen LogP contribution >= 0.6 is 12.4 Å². The lowest BCUT2D eigenvalue weighted by Gasteiger charge is -2.16. The maximum Gasteiger partial charge on any atom is 0.233 e. The van der Waals surface area contributed by atoms with Gasteiger partial charge in [-0.15, -0.1) is 12.4 Å². The fourth-order valence-electron chi connectivity index (χ4n) is 2.64. The number of hydrogen-bond donors (Lipinski definition) is 4. The first-order valence-electron chi connectivity index (χ1n) is 7.16. The van der Waals surface area contributed by atoms with Gasteiger partial charge in [0, 0.05) is 31.4 Å². The summed E-state index contributed by atoms with van der Waals surface area (Å²) in [7, 11) is 1.64. The van der Waals surface area contributed by atoms with Gasteiger partial charge in [-0.25, -0.2) is 5.43 Å². The molecule has 1 aromatic heterocycles. The largest absolute Gasteiger partial charge is 0.459 e. The Hall–Kier alpha value is -1.60. The molecule has 7 heteroatoms. The van der Waals surface area contributed by atoms with Crippen molar-refractivity contribution in [2.45, 2.75) is 6.04 Å². The summed E-state index contributed by atoms with van der Waals surface area (Å²) in [4.78, 5) is 11.2. The van der Waals surface area contributed by atoms with Gasteiger partial charge < -0.3 is 15.1 Å². The molecule has 0 saturated carbocycles. The minimum absolute atomic E-state index is 0. The van der Waals surface area contributed by atoms with Gasteiger partial charge in [-0.05, 0) is 12.1 Å². The van der Waals surface area contributed by atoms with Crippen molar-refractivity contribution in [3.63, 3.8) is 0 Å². The van der Waals surface area contributed by atoms with E-state index < -0.39 is 0 Å². The third-order valence-corrected chi connectivity index (χ3v) is 3.82. The zero-order valence-electron chi connectivity index (χ0n) is 12.4. The van der Waals surface area contributed by atoms with E-state index in [0.29, 0.717) is 12.5 Å². The van der Waals surface area contributed by atoms with Crippen LogP contribution in [0.1, 0.15) is 11.8 Å². The Morgan fingerprint density at radius 1 is 1.41 bits per heavy atom. The molecule has 2 unspecified atom stereocenters. The molecular formula is C15H21ClN4O2. The summed E-state index contributed by atoms with van der Waals surface area (Å²) >= 11 is 0. The van der Waals surface area contributed by atoms with Crippen molar-refractivity contribution in [2.24, 2.45) is 5.92 Å². The Morgan fingerprint density at radius 3 is 3.00 bits per heavy atom. The van der Waals surface area contributed by atoms with Gasteiger partial charge in [-0.2, -0.15) is 0 Å². The summed E-state index contributed by atoms with van der Waals surface area (Å²) in [6.45, 7) is 1.91. The van der Waals surface area contributed by atoms with E-state index in [0.717, 1.165) is 29.8 Å². The lowest BCUT2D eigenvalue weighted by molar-refractivity contribution is -0.119. The van der Waals surface area contributed by atoms with Crippen LogP contribution in [0, 0.1) is 5.92 Å². The monoisotopic (exact) mass is 324 g/mol. The maximum absolute atomic E-state index is 11.2. The second-order valence-corrected chi connectivity index (χ2v) is 5.25. The van der Waals surface area contributed by atoms with Crippen LogP contribution in [0.2, 0.25) is 0 Å². The summed E-state index contributed by atoms with van der Waals surface area (Å²) in [5.74, 6) is 1.25. The number of fused-ring (bicyclic) bond motifs is 1. The number of rotatable bonds is 5. The van der Waals surface area contributed by atoms with Crippen LogP contribution in [0.5, 0.6) is 0 Å². The SMILES string of the molecule is CNC(=O)CNCC1CNNC1c1cc2ccccc2o1.Cl. The van der Waals surface area contributed by atoms with E-state index >= 15 is 0 Å². The highest BCUT2D eigenvalue weighted by Crippen LogP contribution is 2.29. The Bertz CT molecular complexity index is 598. The van der Waals surface area contributed by atoms with Crippen molar-refractivity contribution >= 4 is 29.3 Å². The van der Waals surface area contributed by atoms with Crippen molar-refractivity contribution < 1.29 is 9.21 Å². The van der Waals surface area contributed by atoms with Crippen LogP contribution in [0.25, 0.3) is 11.0 Å². The number of halogens is 1. The molecule has 0 aliphatic carbocycles. The molecule has 0 radical (unpaired) electrons. The van der Waals surface area contributed by atoms with Crippen LogP contribution in [-0.2, 0) is 4.79 Å². The highest BCUT2D eigenvalue weighted by atomic mass is 35.5. The first-order chi connectivity index (χ1) is 10.3. The fraction of sp³-hybridized carbons (Fsp3) is 0.400. The van der Waals surface area contributed by atoms with E-state index in [1.165, 1.54) is 0 Å². The van der Waals surface area contributed by atoms with Crippen molar-refractivity contribution in [1.29, 1.82) is 0 Å². The Balaban J connectivity index is 0.00000176. The van der Waals surface area contributed by atoms with E-state index in [1.807, 2.05) is 24.3 Å². The molecule has 0 spiro atoms. The molecule has 22 heavy (non-hydrogen) atoms. The molecule has 1 saturated heterocycles. The molecule has 4 N–H and O–H groups in total. The molecule has 2 heterocycles. The van der Waals surface area contributed by atoms with Gasteiger partial charge >= 0.3 is 0 Å². The molecule has 3 rings (SSSR count). The highest BCUT2D eigenvalue weighted by Gasteiger charge is 2.30. The summed E-state index contributed by atoms with van der Waals surface area (Å²) in [5.41, 5.74) is 7.32. The second kappa shape index (κ2) is 7.60. The van der Waals surface area contributed by atoms with Gasteiger partial charge in [-0.1, -0.05) is 18.2 Å². The lowest BCUT2D eigenvalue weighted by Crippen LogP contribution is -2.35. The summed E-state index contributed by atoms with van der Waals surface area (Å²) in [6.07, 6.45) is 0. The minimum atomic E-state index is -0.00537. The van der Waals surface area contributed by atoms with E-state index in [9.17, 15) is 4.79 Å². The van der Waals surface area contributed by atoms with Gasteiger partial charge in [-0.3, -0.25) is 10.2 Å². The molecule has 1 amide bonds. The molecule has 6 nitrogen and oxygen atoms in total. The Kier molecular flexibility index (Phi) is 5.79. The molecule has 1 fully saturated rings. The van der Waals surface area contributed by atoms with Crippen molar-refractivity contribution in [3.8, 4) is 0 Å². The van der Waals surface area contributed by atoms with Crippen LogP contribution in [-0.4, -0.2) is 32.6 Å². The van der Waals surface area contributed by atoms with Crippen LogP contribution in [0.15, 0.2) is 34.7 Å². The topological polar surface area (TPSA) is 78.3 Å². The van der Waals surface area contributed by atoms with Crippen molar-refractivity contribution in [2.75, 3.05) is 26.7 Å². The number of furan rings is 1. The molecule has 2 atom stereocenters. The number of benzene rings is 1. The maximum atomic E-state index is 11.2. The normalized spacial score (nSPS) is 20.8. The molecular weight excluding hydrogens is 304 g/mol. The number of likely N-dealkylation sites (N-methyl/N-ethyl adjacent to an activating group) is 1. The highest BCUT2D eigenvalue weighted by molar-refractivity contribution is 5.85. The number of hydrogen-bond acceptors (Lipinski definition) is 5. The predicted octanol–water partition coefficient (Wildman–Crippen LogP) is 0.955. The number of carbonyl (C=O) groups is 1. The van der Waals surface area contributed by atoms with Crippen molar-refractivity contribution in [3.05, 3.63) is 36.1 Å². The summed E-state index contributed by atoms with van der Waals surface area (Å²) < 4.78 is 5.92. The number of amides is 1. The standard InChI is InChI=1S/C15H20N4O2.ClH/c1-16-14(20)9-17-7-11-8-18-19-15(11)13-6-10-4-2-3-5-12(10)21-13;/h2-6,11,15,17-19H,7-9H2,1H3,(H,16,20);1H. The van der Waals surface area contributed by atoms with Gasteiger partial charge in [0.05, 0.1) is 12.6 Å². The van der Waals surface area contributed by atoms with Crippen LogP contribution < -0.4 is 21.5 Å². The molecule has 2 aromatic rings. The molecule has 0 bridgehead atoms. The first kappa shape index (κ1) is 16.8. The minimum Gasteiger partial charge on any atom is -0.459 e. The van der Waals surface area contributed by atoms with Gasteiger partial charge in [0.1, 0.15) is 11.3 Å². The zero-order valence-corrected chi connectivity index (χ0v) is 13.2. The molecule has 120 valence electrons. The lowest BCUT2D eigenvalue weighted by atomic mass is 9.99. The summed E-state index contributed by atoms with van der Waals surface area (Å²) in [5, 5.41) is 6.89. The van der Waals surface area contributed by atoms with E-state index in [4.69, 9.17) is 4.42 Å². The third kappa shape index (κ3) is 3.59. The Morgan fingerprint density at radius 2 is 2.23 bits per heavy atom. The number of hydrazine groups is 1.